The Morgan fingerprint density at radius 3 is 2.91 bits per heavy atom. The number of hydrogen-bond acceptors (Lipinski definition) is 2. The van der Waals surface area contributed by atoms with E-state index in [0.29, 0.717) is 18.4 Å². The van der Waals surface area contributed by atoms with Crippen LogP contribution in [0.1, 0.15) is 32.6 Å². The van der Waals surface area contributed by atoms with E-state index in [4.69, 9.17) is 0 Å². The van der Waals surface area contributed by atoms with Crippen molar-refractivity contribution in [1.29, 1.82) is 0 Å². The van der Waals surface area contributed by atoms with E-state index in [-0.39, 0.29) is 5.78 Å². The van der Waals surface area contributed by atoms with E-state index in [1.165, 1.54) is 0 Å². The molecule has 0 bridgehead atoms. The highest BCUT2D eigenvalue weighted by molar-refractivity contribution is 5.98. The maximum absolute atomic E-state index is 11.1. The summed E-state index contributed by atoms with van der Waals surface area (Å²) in [7, 11) is 0. The summed E-state index contributed by atoms with van der Waals surface area (Å²) >= 11 is 0. The van der Waals surface area contributed by atoms with Crippen LogP contribution in [0.25, 0.3) is 0 Å². The zero-order chi connectivity index (χ0) is 8.27. The van der Waals surface area contributed by atoms with Crippen LogP contribution in [0.5, 0.6) is 0 Å². The first-order valence-electron chi connectivity index (χ1n) is 4.17. The Bertz CT molecular complexity index is 182. The van der Waals surface area contributed by atoms with Crippen LogP contribution in [0.15, 0.2) is 11.6 Å². The Hall–Kier alpha value is -0.630. The molecular formula is C9H14O2. The lowest BCUT2D eigenvalue weighted by Gasteiger charge is -2.08. The first-order chi connectivity index (χ1) is 5.25. The molecule has 11 heavy (non-hydrogen) atoms. The summed E-state index contributed by atoms with van der Waals surface area (Å²) in [4.78, 5) is 11.1. The second-order valence-corrected chi connectivity index (χ2v) is 2.93. The zero-order valence-corrected chi connectivity index (χ0v) is 6.84. The predicted octanol–water partition coefficient (Wildman–Crippen LogP) is 1.44. The molecule has 0 fully saturated rings. The summed E-state index contributed by atoms with van der Waals surface area (Å²) < 4.78 is 0. The highest BCUT2D eigenvalue weighted by Crippen LogP contribution is 2.19. The molecule has 1 atom stereocenters. The second-order valence-electron chi connectivity index (χ2n) is 2.93. The van der Waals surface area contributed by atoms with Crippen molar-refractivity contribution >= 4 is 5.78 Å². The lowest BCUT2D eigenvalue weighted by molar-refractivity contribution is -0.115. The lowest BCUT2D eigenvalue weighted by atomic mass is 10.0. The topological polar surface area (TPSA) is 37.3 Å². The van der Waals surface area contributed by atoms with Gasteiger partial charge in [0, 0.05) is 12.0 Å². The predicted molar refractivity (Wildman–Crippen MR) is 43.2 cm³/mol. The summed E-state index contributed by atoms with van der Waals surface area (Å²) in [5, 5.41) is 9.43. The molecule has 0 aliphatic heterocycles. The third-order valence-electron chi connectivity index (χ3n) is 1.98. The fourth-order valence-corrected chi connectivity index (χ4v) is 1.37. The summed E-state index contributed by atoms with van der Waals surface area (Å²) in [6.45, 7) is 2.00. The monoisotopic (exact) mass is 154 g/mol. The number of aliphatic hydroxyl groups is 1. The van der Waals surface area contributed by atoms with Crippen LogP contribution in [-0.2, 0) is 4.79 Å². The number of Topliss-reactive ketones (excluding diaryl/α,β-unsaturated/α-hetero) is 1. The van der Waals surface area contributed by atoms with Crippen molar-refractivity contribution < 1.29 is 9.90 Å². The molecule has 1 rings (SSSR count). The van der Waals surface area contributed by atoms with E-state index in [1.54, 1.807) is 0 Å². The van der Waals surface area contributed by atoms with Crippen LogP contribution in [0.4, 0.5) is 0 Å². The molecule has 0 aromatic rings. The maximum atomic E-state index is 11.1. The summed E-state index contributed by atoms with van der Waals surface area (Å²) in [5.41, 5.74) is 0.645. The van der Waals surface area contributed by atoms with Gasteiger partial charge >= 0.3 is 0 Å². The molecule has 0 aromatic heterocycles. The van der Waals surface area contributed by atoms with Crippen molar-refractivity contribution in [2.24, 2.45) is 0 Å². The smallest absolute Gasteiger partial charge is 0.161 e. The standard InChI is InChI=1S/C9H14O2/c1-2-4-8(10)7-5-3-6-9(7)11/h5,8,10H,2-4,6H2,1H3. The van der Waals surface area contributed by atoms with Gasteiger partial charge in [0.15, 0.2) is 5.78 Å². The Kier molecular flexibility index (Phi) is 2.83. The quantitative estimate of drug-likeness (QED) is 0.667. The second kappa shape index (κ2) is 3.67. The SMILES string of the molecule is CCCC(O)C1=CCCC1=O. The van der Waals surface area contributed by atoms with Gasteiger partial charge in [-0.05, 0) is 12.8 Å². The van der Waals surface area contributed by atoms with Crippen LogP contribution in [0.3, 0.4) is 0 Å². The van der Waals surface area contributed by atoms with Crippen LogP contribution in [0.2, 0.25) is 0 Å². The van der Waals surface area contributed by atoms with Crippen LogP contribution in [-0.4, -0.2) is 17.0 Å². The number of carbonyl (C=O) groups is 1. The number of ketones is 1. The molecule has 1 N–H and O–H groups in total. The molecular weight excluding hydrogens is 140 g/mol. The molecule has 0 spiro atoms. The van der Waals surface area contributed by atoms with E-state index in [0.717, 1.165) is 12.8 Å². The molecule has 2 nitrogen and oxygen atoms in total. The van der Waals surface area contributed by atoms with Gasteiger partial charge in [0.2, 0.25) is 0 Å². The molecule has 2 heteroatoms. The van der Waals surface area contributed by atoms with Crippen LogP contribution in [0, 0.1) is 0 Å². The first-order valence-corrected chi connectivity index (χ1v) is 4.17. The molecule has 0 radical (unpaired) electrons. The van der Waals surface area contributed by atoms with E-state index in [9.17, 15) is 9.90 Å². The van der Waals surface area contributed by atoms with Crippen molar-refractivity contribution in [3.8, 4) is 0 Å². The molecule has 0 heterocycles. The normalized spacial score (nSPS) is 20.2. The molecule has 1 aliphatic carbocycles. The van der Waals surface area contributed by atoms with Crippen LogP contribution >= 0.6 is 0 Å². The van der Waals surface area contributed by atoms with E-state index < -0.39 is 6.10 Å². The van der Waals surface area contributed by atoms with E-state index in [2.05, 4.69) is 0 Å². The van der Waals surface area contributed by atoms with Gasteiger partial charge in [0.25, 0.3) is 0 Å². The first kappa shape index (κ1) is 8.47. The van der Waals surface area contributed by atoms with Crippen molar-refractivity contribution in [3.63, 3.8) is 0 Å². The summed E-state index contributed by atoms with van der Waals surface area (Å²) in [6.07, 6.45) is 4.40. The largest absolute Gasteiger partial charge is 0.388 e. The fourth-order valence-electron chi connectivity index (χ4n) is 1.37. The molecule has 0 saturated carbocycles. The third kappa shape index (κ3) is 1.90. The Labute approximate surface area is 66.9 Å². The number of hydrogen-bond donors (Lipinski definition) is 1. The average Bonchev–Trinajstić information content (AvgIpc) is 2.36. The highest BCUT2D eigenvalue weighted by Gasteiger charge is 2.20. The number of rotatable bonds is 3. The van der Waals surface area contributed by atoms with Gasteiger partial charge in [-0.15, -0.1) is 0 Å². The Morgan fingerprint density at radius 1 is 1.73 bits per heavy atom. The minimum absolute atomic E-state index is 0.131. The zero-order valence-electron chi connectivity index (χ0n) is 6.84. The summed E-state index contributed by atoms with van der Waals surface area (Å²) in [6, 6.07) is 0. The molecule has 1 aliphatic rings. The van der Waals surface area contributed by atoms with Crippen molar-refractivity contribution in [2.45, 2.75) is 38.7 Å². The lowest BCUT2D eigenvalue weighted by Crippen LogP contribution is -2.14. The number of carbonyl (C=O) groups excluding carboxylic acids is 1. The van der Waals surface area contributed by atoms with Crippen molar-refractivity contribution in [3.05, 3.63) is 11.6 Å². The average molecular weight is 154 g/mol. The molecule has 1 unspecified atom stereocenters. The van der Waals surface area contributed by atoms with Crippen LogP contribution < -0.4 is 0 Å². The maximum Gasteiger partial charge on any atom is 0.161 e. The van der Waals surface area contributed by atoms with E-state index >= 15 is 0 Å². The van der Waals surface area contributed by atoms with Gasteiger partial charge in [-0.25, -0.2) is 0 Å². The van der Waals surface area contributed by atoms with Crippen molar-refractivity contribution in [1.82, 2.24) is 0 Å². The van der Waals surface area contributed by atoms with Gasteiger partial charge in [-0.2, -0.15) is 0 Å². The third-order valence-corrected chi connectivity index (χ3v) is 1.98. The van der Waals surface area contributed by atoms with Crippen molar-refractivity contribution in [2.75, 3.05) is 0 Å². The number of allylic oxidation sites excluding steroid dienone is 1. The Balaban J connectivity index is 2.52. The molecule has 62 valence electrons. The molecule has 0 amide bonds. The van der Waals surface area contributed by atoms with Gasteiger partial charge in [0.05, 0.1) is 6.10 Å². The Morgan fingerprint density at radius 2 is 2.45 bits per heavy atom. The molecule has 0 saturated heterocycles. The summed E-state index contributed by atoms with van der Waals surface area (Å²) in [5.74, 6) is 0.131. The number of aliphatic hydroxyl groups excluding tert-OH is 1. The van der Waals surface area contributed by atoms with E-state index in [1.807, 2.05) is 13.0 Å². The van der Waals surface area contributed by atoms with Gasteiger partial charge in [-0.3, -0.25) is 4.79 Å². The van der Waals surface area contributed by atoms with Gasteiger partial charge in [-0.1, -0.05) is 19.4 Å². The minimum atomic E-state index is -0.505. The molecule has 0 aromatic carbocycles. The van der Waals surface area contributed by atoms with Gasteiger partial charge < -0.3 is 5.11 Å². The highest BCUT2D eigenvalue weighted by atomic mass is 16.3. The van der Waals surface area contributed by atoms with Gasteiger partial charge in [0.1, 0.15) is 0 Å². The fraction of sp³-hybridized carbons (Fsp3) is 0.667. The minimum Gasteiger partial charge on any atom is -0.388 e.